The molecule has 0 radical (unpaired) electrons. The van der Waals surface area contributed by atoms with Crippen molar-refractivity contribution in [3.8, 4) is 0 Å². The van der Waals surface area contributed by atoms with Crippen molar-refractivity contribution in [2.45, 2.75) is 18.6 Å². The number of nitrogens with zero attached hydrogens (tertiary/aromatic N) is 2. The predicted octanol–water partition coefficient (Wildman–Crippen LogP) is 2.00. The molecule has 1 aromatic heterocycles. The summed E-state index contributed by atoms with van der Waals surface area (Å²) in [6.45, 7) is 4.45. The van der Waals surface area contributed by atoms with Crippen LogP contribution in [0.25, 0.3) is 0 Å². The van der Waals surface area contributed by atoms with E-state index in [-0.39, 0.29) is 0 Å². The van der Waals surface area contributed by atoms with Crippen molar-refractivity contribution in [1.82, 2.24) is 4.98 Å². The Labute approximate surface area is 95.1 Å². The zero-order valence-electron chi connectivity index (χ0n) is 9.02. The van der Waals surface area contributed by atoms with Crippen LogP contribution >= 0.6 is 11.8 Å². The maximum absolute atomic E-state index is 5.93. The number of hydrogen-bond acceptors (Lipinski definition) is 4. The minimum atomic E-state index is 0.742. The van der Waals surface area contributed by atoms with Crippen molar-refractivity contribution in [3.63, 3.8) is 0 Å². The third-order valence-electron chi connectivity index (χ3n) is 2.76. The second-order valence-corrected chi connectivity index (χ2v) is 5.19. The van der Waals surface area contributed by atoms with Crippen LogP contribution in [0.1, 0.15) is 13.3 Å². The Hall–Kier alpha value is -0.900. The third-order valence-corrected chi connectivity index (χ3v) is 4.13. The summed E-state index contributed by atoms with van der Waals surface area (Å²) in [6.07, 6.45) is 4.78. The fourth-order valence-corrected chi connectivity index (χ4v) is 3.05. The molecule has 1 saturated heterocycles. The molecular formula is C11H17N3S. The van der Waals surface area contributed by atoms with Crippen LogP contribution in [-0.2, 0) is 0 Å². The van der Waals surface area contributed by atoms with Gasteiger partial charge in [0.15, 0.2) is 0 Å². The van der Waals surface area contributed by atoms with Crippen LogP contribution in [0.5, 0.6) is 0 Å². The molecule has 0 bridgehead atoms. The summed E-state index contributed by atoms with van der Waals surface area (Å²) in [5.41, 5.74) is 7.86. The van der Waals surface area contributed by atoms with Crippen LogP contribution in [0, 0.1) is 0 Å². The van der Waals surface area contributed by atoms with E-state index in [1.165, 1.54) is 12.2 Å². The van der Waals surface area contributed by atoms with E-state index < -0.39 is 0 Å². The van der Waals surface area contributed by atoms with Gasteiger partial charge in [-0.3, -0.25) is 4.98 Å². The third kappa shape index (κ3) is 2.37. The van der Waals surface area contributed by atoms with Crippen molar-refractivity contribution in [1.29, 1.82) is 0 Å². The van der Waals surface area contributed by atoms with E-state index in [0.717, 1.165) is 29.7 Å². The molecule has 15 heavy (non-hydrogen) atoms. The molecule has 82 valence electrons. The normalized spacial score (nSPS) is 21.7. The van der Waals surface area contributed by atoms with Gasteiger partial charge in [-0.15, -0.1) is 0 Å². The fraction of sp³-hybridized carbons (Fsp3) is 0.545. The van der Waals surface area contributed by atoms with Crippen LogP contribution in [0.15, 0.2) is 18.5 Å². The Morgan fingerprint density at radius 2 is 2.53 bits per heavy atom. The first-order valence-electron chi connectivity index (χ1n) is 5.37. The lowest BCUT2D eigenvalue weighted by atomic mass is 10.2. The molecule has 0 aliphatic carbocycles. The van der Waals surface area contributed by atoms with E-state index >= 15 is 0 Å². The van der Waals surface area contributed by atoms with E-state index in [9.17, 15) is 0 Å². The highest BCUT2D eigenvalue weighted by atomic mass is 32.2. The summed E-state index contributed by atoms with van der Waals surface area (Å²) in [4.78, 5) is 6.40. The molecule has 1 aromatic rings. The maximum atomic E-state index is 5.93. The molecule has 2 N–H and O–H groups in total. The second kappa shape index (κ2) is 4.75. The number of aromatic nitrogens is 1. The number of nitrogens with two attached hydrogens (primary N) is 1. The van der Waals surface area contributed by atoms with Crippen LogP contribution in [0.3, 0.4) is 0 Å². The summed E-state index contributed by atoms with van der Waals surface area (Å²) in [6, 6.07) is 2.01. The Kier molecular flexibility index (Phi) is 3.36. The molecule has 1 atom stereocenters. The number of anilines is 2. The largest absolute Gasteiger partial charge is 0.396 e. The predicted molar refractivity (Wildman–Crippen MR) is 67.4 cm³/mol. The zero-order valence-corrected chi connectivity index (χ0v) is 9.83. The molecule has 3 nitrogen and oxygen atoms in total. The zero-order chi connectivity index (χ0) is 10.7. The van der Waals surface area contributed by atoms with Gasteiger partial charge in [0, 0.05) is 30.3 Å². The molecule has 2 heterocycles. The van der Waals surface area contributed by atoms with Gasteiger partial charge in [-0.2, -0.15) is 11.8 Å². The molecular weight excluding hydrogens is 206 g/mol. The van der Waals surface area contributed by atoms with Crippen molar-refractivity contribution in [2.75, 3.05) is 29.5 Å². The molecule has 1 fully saturated rings. The molecule has 0 spiro atoms. The molecule has 0 aromatic carbocycles. The summed E-state index contributed by atoms with van der Waals surface area (Å²) < 4.78 is 0. The van der Waals surface area contributed by atoms with E-state index in [2.05, 4.69) is 28.6 Å². The molecule has 1 aliphatic heterocycles. The molecule has 4 heteroatoms. The first kappa shape index (κ1) is 10.6. The highest BCUT2D eigenvalue weighted by Crippen LogP contribution is 2.28. The summed E-state index contributed by atoms with van der Waals surface area (Å²) in [5.74, 6) is 1.19. The van der Waals surface area contributed by atoms with Crippen molar-refractivity contribution >= 4 is 23.1 Å². The summed E-state index contributed by atoms with van der Waals surface area (Å²) in [7, 11) is 0. The lowest BCUT2D eigenvalue weighted by molar-refractivity contribution is 0.728. The number of hydrogen-bond donors (Lipinski definition) is 1. The highest BCUT2D eigenvalue weighted by Gasteiger charge is 2.20. The van der Waals surface area contributed by atoms with Crippen LogP contribution in [-0.4, -0.2) is 29.1 Å². The van der Waals surface area contributed by atoms with Gasteiger partial charge in [-0.1, -0.05) is 6.92 Å². The summed E-state index contributed by atoms with van der Waals surface area (Å²) >= 11 is 2.07. The number of thioether (sulfide) groups is 1. The van der Waals surface area contributed by atoms with Gasteiger partial charge in [0.05, 0.1) is 17.6 Å². The van der Waals surface area contributed by atoms with Gasteiger partial charge >= 0.3 is 0 Å². The number of nitrogen functional groups attached to an aromatic ring is 1. The van der Waals surface area contributed by atoms with Gasteiger partial charge in [-0.25, -0.2) is 0 Å². The van der Waals surface area contributed by atoms with Gasteiger partial charge < -0.3 is 10.6 Å². The molecule has 2 rings (SSSR count). The van der Waals surface area contributed by atoms with Crippen molar-refractivity contribution in [3.05, 3.63) is 18.5 Å². The van der Waals surface area contributed by atoms with Crippen LogP contribution < -0.4 is 10.6 Å². The smallest absolute Gasteiger partial charge is 0.0738 e. The number of rotatable bonds is 2. The van der Waals surface area contributed by atoms with Crippen molar-refractivity contribution in [2.24, 2.45) is 0 Å². The molecule has 1 unspecified atom stereocenters. The van der Waals surface area contributed by atoms with E-state index in [1.54, 1.807) is 6.20 Å². The Bertz CT molecular complexity index is 329. The van der Waals surface area contributed by atoms with Gasteiger partial charge in [0.2, 0.25) is 0 Å². The first-order valence-corrected chi connectivity index (χ1v) is 6.42. The minimum absolute atomic E-state index is 0.742. The SMILES string of the molecule is CCC1CN(c2ccncc2N)CCS1. The minimum Gasteiger partial charge on any atom is -0.396 e. The highest BCUT2D eigenvalue weighted by molar-refractivity contribution is 8.00. The fourth-order valence-electron chi connectivity index (χ4n) is 1.87. The molecule has 1 aliphatic rings. The van der Waals surface area contributed by atoms with E-state index in [0.29, 0.717) is 0 Å². The van der Waals surface area contributed by atoms with Gasteiger partial charge in [0.1, 0.15) is 0 Å². The first-order chi connectivity index (χ1) is 7.31. The average Bonchev–Trinajstić information content (AvgIpc) is 2.30. The second-order valence-electron chi connectivity index (χ2n) is 3.78. The Morgan fingerprint density at radius 3 is 3.27 bits per heavy atom. The van der Waals surface area contributed by atoms with Crippen molar-refractivity contribution < 1.29 is 0 Å². The van der Waals surface area contributed by atoms with Gasteiger partial charge in [0.25, 0.3) is 0 Å². The quantitative estimate of drug-likeness (QED) is 0.832. The van der Waals surface area contributed by atoms with E-state index in [4.69, 9.17) is 5.73 Å². The lowest BCUT2D eigenvalue weighted by Crippen LogP contribution is -2.38. The average molecular weight is 223 g/mol. The number of pyridine rings is 1. The standard InChI is InChI=1S/C11H17N3S/c1-2-9-8-14(5-6-15-9)11-3-4-13-7-10(11)12/h3-4,7,9H,2,5-6,8,12H2,1H3. The Morgan fingerprint density at radius 1 is 1.67 bits per heavy atom. The molecule has 0 amide bonds. The Balaban J connectivity index is 2.13. The van der Waals surface area contributed by atoms with E-state index in [1.807, 2.05) is 12.3 Å². The van der Waals surface area contributed by atoms with Crippen LogP contribution in [0.4, 0.5) is 11.4 Å². The maximum Gasteiger partial charge on any atom is 0.0738 e. The molecule has 0 saturated carbocycles. The topological polar surface area (TPSA) is 42.2 Å². The van der Waals surface area contributed by atoms with Gasteiger partial charge in [-0.05, 0) is 12.5 Å². The lowest BCUT2D eigenvalue weighted by Gasteiger charge is -2.34. The summed E-state index contributed by atoms with van der Waals surface area (Å²) in [5, 5.41) is 0.742. The monoisotopic (exact) mass is 223 g/mol. The van der Waals surface area contributed by atoms with Crippen LogP contribution in [0.2, 0.25) is 0 Å².